The maximum atomic E-state index is 11.0. The fourth-order valence-corrected chi connectivity index (χ4v) is 7.54. The van der Waals surface area contributed by atoms with E-state index in [1.807, 2.05) is 0 Å². The van der Waals surface area contributed by atoms with Crippen LogP contribution >= 0.6 is 0 Å². The first-order valence-electron chi connectivity index (χ1n) is 9.81. The van der Waals surface area contributed by atoms with Crippen LogP contribution in [0, 0.1) is 40.4 Å². The van der Waals surface area contributed by atoms with Crippen LogP contribution in [0.3, 0.4) is 0 Å². The predicted molar refractivity (Wildman–Crippen MR) is 89.7 cm³/mol. The Hall–Kier alpha value is -0.120. The molecule has 10 atom stereocenters. The molecule has 0 radical (unpaired) electrons. The molecule has 4 aliphatic rings. The SMILES string of the molecule is C[C@H]1CC2C3C(O)C[C@@H]4C[C@H](O)CC[C@]4(C)C3CC[C@]2(C)[C@H]1O. The lowest BCUT2D eigenvalue weighted by molar-refractivity contribution is -0.177. The maximum Gasteiger partial charge on any atom is 0.0622 e. The van der Waals surface area contributed by atoms with E-state index in [-0.39, 0.29) is 29.1 Å². The minimum atomic E-state index is -0.245. The molecule has 0 aromatic heterocycles. The van der Waals surface area contributed by atoms with Gasteiger partial charge in [0.05, 0.1) is 18.3 Å². The van der Waals surface area contributed by atoms with Crippen LogP contribution in [-0.2, 0) is 0 Å². The Labute approximate surface area is 140 Å². The topological polar surface area (TPSA) is 60.7 Å². The Bertz CT molecular complexity index is 480. The minimum Gasteiger partial charge on any atom is -0.393 e. The molecular weight excluding hydrogens is 288 g/mol. The first-order valence-corrected chi connectivity index (χ1v) is 9.81. The van der Waals surface area contributed by atoms with E-state index in [0.717, 1.165) is 44.9 Å². The zero-order valence-corrected chi connectivity index (χ0v) is 14.9. The van der Waals surface area contributed by atoms with Gasteiger partial charge in [0.25, 0.3) is 0 Å². The summed E-state index contributed by atoms with van der Waals surface area (Å²) in [5.41, 5.74) is 0.278. The molecule has 4 fully saturated rings. The van der Waals surface area contributed by atoms with Crippen molar-refractivity contribution < 1.29 is 15.3 Å². The van der Waals surface area contributed by atoms with Gasteiger partial charge >= 0.3 is 0 Å². The van der Waals surface area contributed by atoms with Gasteiger partial charge in [-0.05, 0) is 85.4 Å². The number of fused-ring (bicyclic) bond motifs is 5. The van der Waals surface area contributed by atoms with Crippen molar-refractivity contribution in [2.75, 3.05) is 0 Å². The third-order valence-electron chi connectivity index (χ3n) is 8.93. The lowest BCUT2D eigenvalue weighted by Gasteiger charge is -2.61. The van der Waals surface area contributed by atoms with Crippen LogP contribution in [0.15, 0.2) is 0 Å². The van der Waals surface area contributed by atoms with E-state index in [0.29, 0.717) is 29.6 Å². The molecule has 0 saturated heterocycles. The van der Waals surface area contributed by atoms with E-state index >= 15 is 0 Å². The lowest BCUT2D eigenvalue weighted by Crippen LogP contribution is -2.58. The van der Waals surface area contributed by atoms with Crippen molar-refractivity contribution in [2.24, 2.45) is 40.4 Å². The molecule has 3 heteroatoms. The Morgan fingerprint density at radius 1 is 0.826 bits per heavy atom. The molecular formula is C20H34O3. The Morgan fingerprint density at radius 3 is 2.26 bits per heavy atom. The first kappa shape index (κ1) is 16.4. The molecule has 0 aliphatic heterocycles. The van der Waals surface area contributed by atoms with E-state index < -0.39 is 0 Å². The normalized spacial score (nSPS) is 62.3. The fraction of sp³-hybridized carbons (Fsp3) is 1.00. The van der Waals surface area contributed by atoms with Crippen LogP contribution in [0.5, 0.6) is 0 Å². The smallest absolute Gasteiger partial charge is 0.0622 e. The molecule has 23 heavy (non-hydrogen) atoms. The van der Waals surface area contributed by atoms with Gasteiger partial charge < -0.3 is 15.3 Å². The fourth-order valence-electron chi connectivity index (χ4n) is 7.54. The summed E-state index contributed by atoms with van der Waals surface area (Å²) >= 11 is 0. The van der Waals surface area contributed by atoms with Gasteiger partial charge in [0.1, 0.15) is 0 Å². The van der Waals surface area contributed by atoms with Crippen LogP contribution in [0.4, 0.5) is 0 Å². The highest BCUT2D eigenvalue weighted by atomic mass is 16.3. The van der Waals surface area contributed by atoms with Crippen molar-refractivity contribution in [1.82, 2.24) is 0 Å². The molecule has 132 valence electrons. The number of hydrogen-bond donors (Lipinski definition) is 3. The Balaban J connectivity index is 1.68. The third-order valence-corrected chi connectivity index (χ3v) is 8.93. The number of rotatable bonds is 0. The minimum absolute atomic E-state index is 0.00105. The van der Waals surface area contributed by atoms with Crippen molar-refractivity contribution in [3.63, 3.8) is 0 Å². The molecule has 3 N–H and O–H groups in total. The van der Waals surface area contributed by atoms with Crippen LogP contribution in [-0.4, -0.2) is 33.6 Å². The van der Waals surface area contributed by atoms with Crippen molar-refractivity contribution in [3.8, 4) is 0 Å². The summed E-state index contributed by atoms with van der Waals surface area (Å²) in [4.78, 5) is 0. The Kier molecular flexibility index (Phi) is 3.69. The quantitative estimate of drug-likeness (QED) is 0.642. The average Bonchev–Trinajstić information content (AvgIpc) is 2.73. The summed E-state index contributed by atoms with van der Waals surface area (Å²) in [5, 5.41) is 31.9. The Morgan fingerprint density at radius 2 is 1.52 bits per heavy atom. The molecule has 0 amide bonds. The lowest BCUT2D eigenvalue weighted by atomic mass is 9.44. The summed E-state index contributed by atoms with van der Waals surface area (Å²) in [6.07, 6.45) is 6.44. The van der Waals surface area contributed by atoms with Gasteiger partial charge in [0.15, 0.2) is 0 Å². The molecule has 0 spiro atoms. The molecule has 4 rings (SSSR count). The monoisotopic (exact) mass is 322 g/mol. The number of aliphatic hydroxyl groups excluding tert-OH is 3. The van der Waals surface area contributed by atoms with Crippen LogP contribution in [0.1, 0.15) is 65.7 Å². The molecule has 0 bridgehead atoms. The van der Waals surface area contributed by atoms with Gasteiger partial charge in [-0.1, -0.05) is 20.8 Å². The van der Waals surface area contributed by atoms with Gasteiger partial charge in [-0.3, -0.25) is 0 Å². The molecule has 0 heterocycles. The van der Waals surface area contributed by atoms with Gasteiger partial charge in [-0.2, -0.15) is 0 Å². The summed E-state index contributed by atoms with van der Waals surface area (Å²) in [5.74, 6) is 2.21. The van der Waals surface area contributed by atoms with Crippen molar-refractivity contribution in [1.29, 1.82) is 0 Å². The molecule has 0 aromatic carbocycles. The van der Waals surface area contributed by atoms with Crippen molar-refractivity contribution >= 4 is 0 Å². The first-order chi connectivity index (χ1) is 10.8. The third kappa shape index (κ3) is 2.12. The molecule has 4 aliphatic carbocycles. The second kappa shape index (κ2) is 5.19. The highest BCUT2D eigenvalue weighted by molar-refractivity contribution is 5.12. The zero-order valence-electron chi connectivity index (χ0n) is 14.9. The van der Waals surface area contributed by atoms with Gasteiger partial charge in [0.2, 0.25) is 0 Å². The van der Waals surface area contributed by atoms with Crippen LogP contribution in [0.2, 0.25) is 0 Å². The van der Waals surface area contributed by atoms with Gasteiger partial charge in [-0.25, -0.2) is 0 Å². The van der Waals surface area contributed by atoms with E-state index in [2.05, 4.69) is 20.8 Å². The van der Waals surface area contributed by atoms with E-state index in [1.54, 1.807) is 0 Å². The van der Waals surface area contributed by atoms with Crippen molar-refractivity contribution in [3.05, 3.63) is 0 Å². The molecule has 0 aromatic rings. The molecule has 4 saturated carbocycles. The second-order valence-corrected chi connectivity index (χ2v) is 9.93. The highest BCUT2D eigenvalue weighted by Crippen LogP contribution is 2.66. The van der Waals surface area contributed by atoms with Gasteiger partial charge in [-0.15, -0.1) is 0 Å². The zero-order chi connectivity index (χ0) is 16.6. The molecule has 4 unspecified atom stereocenters. The van der Waals surface area contributed by atoms with Crippen molar-refractivity contribution in [2.45, 2.75) is 84.0 Å². The standard InChI is InChI=1S/C20H34O3/c1-11-8-15-17-14(5-7-20(15,3)18(11)23)19(2)6-4-13(21)9-12(19)10-16(17)22/h11-18,21-23H,4-10H2,1-3H3/t11-,12-,13+,14?,15?,16?,17?,18-,19-,20-/m0/s1. The van der Waals surface area contributed by atoms with E-state index in [1.165, 1.54) is 0 Å². The second-order valence-electron chi connectivity index (χ2n) is 9.93. The van der Waals surface area contributed by atoms with E-state index in [9.17, 15) is 15.3 Å². The summed E-state index contributed by atoms with van der Waals surface area (Å²) in [6.45, 7) is 6.89. The maximum absolute atomic E-state index is 11.0. The molecule has 3 nitrogen and oxygen atoms in total. The van der Waals surface area contributed by atoms with Crippen LogP contribution in [0.25, 0.3) is 0 Å². The number of hydrogen-bond acceptors (Lipinski definition) is 3. The van der Waals surface area contributed by atoms with Gasteiger partial charge in [0, 0.05) is 0 Å². The number of aliphatic hydroxyl groups is 3. The van der Waals surface area contributed by atoms with Crippen LogP contribution < -0.4 is 0 Å². The largest absolute Gasteiger partial charge is 0.393 e. The highest BCUT2D eigenvalue weighted by Gasteiger charge is 2.63. The summed E-state index contributed by atoms with van der Waals surface area (Å²) < 4.78 is 0. The summed E-state index contributed by atoms with van der Waals surface area (Å²) in [7, 11) is 0. The average molecular weight is 322 g/mol. The summed E-state index contributed by atoms with van der Waals surface area (Å²) in [6, 6.07) is 0. The van der Waals surface area contributed by atoms with E-state index in [4.69, 9.17) is 0 Å². The predicted octanol–water partition coefficient (Wildman–Crippen LogP) is 2.97.